The summed E-state index contributed by atoms with van der Waals surface area (Å²) < 4.78 is 222. The number of esters is 2. The van der Waals surface area contributed by atoms with Gasteiger partial charge in [-0.1, -0.05) is 60.7 Å². The summed E-state index contributed by atoms with van der Waals surface area (Å²) in [5.41, 5.74) is -0.612. The van der Waals surface area contributed by atoms with Crippen LogP contribution in [0.3, 0.4) is 0 Å². The number of carbonyl (C=O) groups is 2. The van der Waals surface area contributed by atoms with Crippen molar-refractivity contribution in [2.45, 2.75) is 96.1 Å². The Morgan fingerprint density at radius 1 is 0.488 bits per heavy atom. The Kier molecular flexibility index (Phi) is 18.5. The molecule has 12 rings (SSSR count). The Bertz CT molecular complexity index is 3630. The lowest BCUT2D eigenvalue weighted by molar-refractivity contribution is -0.153. The van der Waals surface area contributed by atoms with Crippen molar-refractivity contribution >= 4 is 74.2 Å². The van der Waals surface area contributed by atoms with E-state index < -0.39 is 156 Å². The largest absolute Gasteiger partial charge is 0.748 e. The number of fused-ring (bicyclic) bond motifs is 2. The van der Waals surface area contributed by atoms with Crippen LogP contribution in [0.4, 0.5) is 30.7 Å². The molecule has 0 N–H and O–H groups in total. The van der Waals surface area contributed by atoms with Crippen molar-refractivity contribution in [3.05, 3.63) is 180 Å². The van der Waals surface area contributed by atoms with E-state index in [2.05, 4.69) is 0 Å². The fourth-order valence-corrected chi connectivity index (χ4v) is 20.1. The van der Waals surface area contributed by atoms with Gasteiger partial charge in [-0.25, -0.2) is 34.4 Å². The lowest BCUT2D eigenvalue weighted by Gasteiger charge is -2.25. The molecule has 2 heterocycles. The summed E-state index contributed by atoms with van der Waals surface area (Å²) in [6.07, 6.45) is -5.47. The molecule has 2 aliphatic heterocycles. The SMILES string of the molecule is FC(F)(F)c1cccc([S+](c2ccccc2)c2ccccc2)c1.Fc1cc(F)cc([S+](c2ccccc2)c2cc(F)cc(F)c2)c1.O=C(CS(=O)(=O)[O-])OC1C2CC3C1OS(=O)(=O)C3C2.O=C(CS(=O)(=O)[O-])OC1C2CC3C1OS(=O)(=O)C3C2. The highest BCUT2D eigenvalue weighted by Crippen LogP contribution is 2.56. The summed E-state index contributed by atoms with van der Waals surface area (Å²) in [6.45, 7) is 0. The Morgan fingerprint density at radius 3 is 1.15 bits per heavy atom. The Hall–Kier alpha value is -5.89. The monoisotopic (exact) mass is 1290 g/mol. The van der Waals surface area contributed by atoms with Crippen LogP contribution in [0.15, 0.2) is 181 Å². The normalized spacial score (nSPS) is 25.4. The van der Waals surface area contributed by atoms with Gasteiger partial charge in [0.25, 0.3) is 20.2 Å². The number of hydrogen-bond donors (Lipinski definition) is 0. The molecule has 6 fully saturated rings. The molecule has 6 aromatic carbocycles. The van der Waals surface area contributed by atoms with Gasteiger partial charge in [-0.05, 0) is 74.2 Å². The summed E-state index contributed by atoms with van der Waals surface area (Å²) in [5.74, 6) is -8.41. The number of benzene rings is 6. The van der Waals surface area contributed by atoms with Gasteiger partial charge in [-0.3, -0.25) is 18.0 Å². The molecule has 0 amide bonds. The van der Waals surface area contributed by atoms with Gasteiger partial charge >= 0.3 is 18.1 Å². The van der Waals surface area contributed by atoms with Crippen LogP contribution in [-0.2, 0) is 95.9 Å². The van der Waals surface area contributed by atoms with Crippen molar-refractivity contribution in [3.63, 3.8) is 0 Å². The van der Waals surface area contributed by atoms with Crippen LogP contribution in [0.25, 0.3) is 0 Å². The van der Waals surface area contributed by atoms with Gasteiger partial charge in [0, 0.05) is 66.1 Å². The number of ether oxygens (including phenoxy) is 2. The van der Waals surface area contributed by atoms with Crippen LogP contribution in [0.1, 0.15) is 31.2 Å². The molecule has 0 radical (unpaired) electrons. The molecule has 4 bridgehead atoms. The summed E-state index contributed by atoms with van der Waals surface area (Å²) in [5, 5.41) is -1.08. The average molecular weight is 1290 g/mol. The van der Waals surface area contributed by atoms with Gasteiger partial charge in [0.1, 0.15) is 79.4 Å². The average Bonchev–Trinajstić information content (AvgIpc) is 1.87. The fourth-order valence-electron chi connectivity index (χ4n) is 11.3. The third-order valence-electron chi connectivity index (χ3n) is 14.4. The van der Waals surface area contributed by atoms with Crippen molar-refractivity contribution in [3.8, 4) is 0 Å². The standard InChI is InChI=1S/C19H14F3S.C18H11F4S.2C9H12O8S2/c20-19(21,22)15-8-7-13-18(14-15)23(16-9-3-1-4-10-16)17-11-5-2-6-12-17;19-12-6-13(20)9-17(8-12)23(16-4-2-1-3-5-16)18-10-14(21)7-15(22)11-18;2*10-7(3-18(11,12)13)16-8-4-1-5-6(2-4)19(14,15)17-9(5)8/h1-14H;1-11H;2*4-6,8-9H,1-3H2,(H,11,12,13)/q2*+1;;/p-2. The van der Waals surface area contributed by atoms with E-state index in [4.69, 9.17) is 17.8 Å². The summed E-state index contributed by atoms with van der Waals surface area (Å²) in [4.78, 5) is 26.6. The molecule has 2 saturated heterocycles. The third kappa shape index (κ3) is 14.8. The third-order valence-corrected chi connectivity index (χ3v) is 23.5. The van der Waals surface area contributed by atoms with E-state index in [0.717, 1.165) is 28.0 Å². The zero-order chi connectivity index (χ0) is 60.7. The summed E-state index contributed by atoms with van der Waals surface area (Å²) in [6, 6.07) is 40.0. The van der Waals surface area contributed by atoms with Crippen molar-refractivity contribution < 1.29 is 101 Å². The smallest absolute Gasteiger partial charge is 0.416 e. The van der Waals surface area contributed by atoms with E-state index in [0.29, 0.717) is 45.3 Å². The lowest BCUT2D eigenvalue weighted by atomic mass is 9.94. The van der Waals surface area contributed by atoms with E-state index >= 15 is 0 Å². The van der Waals surface area contributed by atoms with E-state index in [-0.39, 0.29) is 23.7 Å². The topological polar surface area (TPSA) is 254 Å². The van der Waals surface area contributed by atoms with Gasteiger partial charge in [0.2, 0.25) is 0 Å². The highest BCUT2D eigenvalue weighted by atomic mass is 32.2. The van der Waals surface area contributed by atoms with Crippen LogP contribution < -0.4 is 0 Å². The second kappa shape index (κ2) is 24.8. The van der Waals surface area contributed by atoms with Crippen LogP contribution in [0.5, 0.6) is 0 Å². The van der Waals surface area contributed by atoms with Gasteiger partial charge in [-0.2, -0.15) is 30.0 Å². The van der Waals surface area contributed by atoms with E-state index in [1.165, 1.54) is 36.4 Å². The van der Waals surface area contributed by atoms with E-state index in [1.807, 2.05) is 60.7 Å². The van der Waals surface area contributed by atoms with E-state index in [1.54, 1.807) is 36.4 Å². The molecule has 29 heteroatoms. The minimum atomic E-state index is -4.70. The first kappa shape index (κ1) is 62.6. The number of hydrogen-bond acceptors (Lipinski definition) is 16. The molecule has 0 aromatic heterocycles. The molecular formula is C55H47F7O16S6. The predicted octanol–water partition coefficient (Wildman–Crippen LogP) is 8.30. The van der Waals surface area contributed by atoms with Crippen LogP contribution in [0.2, 0.25) is 0 Å². The van der Waals surface area contributed by atoms with Gasteiger partial charge in [0.05, 0.1) is 37.9 Å². The first-order valence-corrected chi connectivity index (χ1v) is 33.8. The predicted molar refractivity (Wildman–Crippen MR) is 284 cm³/mol. The van der Waals surface area contributed by atoms with Crippen LogP contribution in [-0.4, -0.2) is 101 Å². The molecule has 10 atom stereocenters. The second-order valence-corrected chi connectivity index (χ2v) is 30.5. The molecule has 16 nitrogen and oxygen atoms in total. The molecule has 4 aliphatic carbocycles. The number of halogens is 7. The maximum Gasteiger partial charge on any atom is 0.416 e. The lowest BCUT2D eigenvalue weighted by Crippen LogP contribution is -2.38. The van der Waals surface area contributed by atoms with E-state index in [9.17, 15) is 83.1 Å². The quantitative estimate of drug-likeness (QED) is 0.0367. The first-order chi connectivity index (χ1) is 39.4. The molecule has 6 aromatic rings. The summed E-state index contributed by atoms with van der Waals surface area (Å²) in [7, 11) is -18.2. The molecule has 4 saturated carbocycles. The Morgan fingerprint density at radius 2 is 0.821 bits per heavy atom. The second-order valence-electron chi connectivity index (χ2n) is 20.1. The van der Waals surface area contributed by atoms with Crippen molar-refractivity contribution in [2.75, 3.05) is 11.5 Å². The number of rotatable bonds is 12. The van der Waals surface area contributed by atoms with Gasteiger partial charge in [0.15, 0.2) is 29.4 Å². The minimum absolute atomic E-state index is 0.143. The van der Waals surface area contributed by atoms with Crippen LogP contribution >= 0.6 is 0 Å². The maximum atomic E-state index is 13.6. The zero-order valence-corrected chi connectivity index (χ0v) is 48.0. The maximum absolute atomic E-state index is 13.6. The Balaban J connectivity index is 0.000000135. The molecule has 84 heavy (non-hydrogen) atoms. The van der Waals surface area contributed by atoms with Crippen molar-refractivity contribution in [1.29, 1.82) is 0 Å². The fraction of sp³-hybridized carbons (Fsp3) is 0.309. The molecular weight excluding hydrogens is 1240 g/mol. The van der Waals surface area contributed by atoms with Gasteiger partial charge in [-0.15, -0.1) is 0 Å². The highest BCUT2D eigenvalue weighted by Gasteiger charge is 2.66. The zero-order valence-electron chi connectivity index (χ0n) is 43.1. The molecule has 0 spiro atoms. The minimum Gasteiger partial charge on any atom is -0.748 e. The first-order valence-electron chi connectivity index (χ1n) is 25.3. The molecule has 6 aliphatic rings. The number of alkyl halides is 3. The number of carbonyl (C=O) groups excluding carboxylic acids is 2. The Labute approximate surface area is 484 Å². The highest BCUT2D eigenvalue weighted by molar-refractivity contribution is 7.97. The van der Waals surface area contributed by atoms with Crippen LogP contribution in [0, 0.1) is 46.9 Å². The molecule has 448 valence electrons. The van der Waals surface area contributed by atoms with Crippen molar-refractivity contribution in [2.24, 2.45) is 23.7 Å². The molecule has 10 unspecified atom stereocenters. The summed E-state index contributed by atoms with van der Waals surface area (Å²) >= 11 is 0. The van der Waals surface area contributed by atoms with Crippen molar-refractivity contribution in [1.82, 2.24) is 0 Å². The van der Waals surface area contributed by atoms with Gasteiger partial charge < -0.3 is 18.6 Å².